The van der Waals surface area contributed by atoms with E-state index in [4.69, 9.17) is 47.4 Å². The highest BCUT2D eigenvalue weighted by molar-refractivity contribution is 5.92. The van der Waals surface area contributed by atoms with E-state index >= 15 is 0 Å². The van der Waals surface area contributed by atoms with Crippen molar-refractivity contribution in [2.45, 2.75) is 151 Å². The lowest BCUT2D eigenvalue weighted by Gasteiger charge is -2.35. The normalized spacial score (nSPS) is 13.9. The van der Waals surface area contributed by atoms with E-state index in [2.05, 4.69) is 39.9 Å². The second kappa shape index (κ2) is 29.8. The molecule has 0 bridgehead atoms. The standard InChI is InChI=1S/C56H77NO12/c1-8-15-26-60-43-36-45(61-27-16-9-2)44-38-51(52(67-46(44)37-43)41-32-47(62-28-17-10-3)53(65-31-20-13-6)48(33-41)63-29-18-11-4)68-55(58)42-34-49(64-30-19-12-5)54(69-56(59)57-14-7)50(35-42)66-39-40-24-22-21-23-25-40/h21-25,32-37,51-52H,8-20,26-31,38-39H2,1-7H3,(H,57,59)/t51-,52-/m1/s1. The summed E-state index contributed by atoms with van der Waals surface area (Å²) in [4.78, 5) is 27.9. The zero-order chi connectivity index (χ0) is 49.2. The molecule has 0 fully saturated rings. The molecule has 1 N–H and O–H groups in total. The van der Waals surface area contributed by atoms with Crippen molar-refractivity contribution in [3.8, 4) is 51.7 Å². The number of nitrogens with one attached hydrogen (secondary N) is 1. The first-order valence-corrected chi connectivity index (χ1v) is 25.6. The number of carbonyl (C=O) groups is 2. The van der Waals surface area contributed by atoms with Crippen LogP contribution in [0.2, 0.25) is 0 Å². The highest BCUT2D eigenvalue weighted by Gasteiger charge is 2.39. The van der Waals surface area contributed by atoms with Gasteiger partial charge in [0.2, 0.25) is 11.5 Å². The van der Waals surface area contributed by atoms with Crippen molar-refractivity contribution in [3.63, 3.8) is 0 Å². The average Bonchev–Trinajstić information content (AvgIpc) is 3.35. The molecule has 0 unspecified atom stereocenters. The fraction of sp³-hybridized carbons (Fsp3) is 0.536. The fourth-order valence-corrected chi connectivity index (χ4v) is 7.32. The number of benzene rings is 4. The molecule has 13 heteroatoms. The van der Waals surface area contributed by atoms with Crippen molar-refractivity contribution < 1.29 is 57.0 Å². The molecular formula is C56H77NO12. The Hall–Kier alpha value is -5.98. The second-order valence-corrected chi connectivity index (χ2v) is 17.1. The summed E-state index contributed by atoms with van der Waals surface area (Å²) in [6.45, 7) is 17.7. The molecule has 69 heavy (non-hydrogen) atoms. The Labute approximate surface area is 410 Å². The van der Waals surface area contributed by atoms with Crippen molar-refractivity contribution in [3.05, 3.63) is 89.0 Å². The van der Waals surface area contributed by atoms with E-state index in [1.165, 1.54) is 12.1 Å². The minimum Gasteiger partial charge on any atom is -0.493 e. The van der Waals surface area contributed by atoms with Crippen LogP contribution >= 0.6 is 0 Å². The quantitative estimate of drug-likeness (QED) is 0.0368. The Morgan fingerprint density at radius 1 is 0.565 bits per heavy atom. The van der Waals surface area contributed by atoms with Gasteiger partial charge in [0.05, 0.1) is 45.2 Å². The Morgan fingerprint density at radius 3 is 1.62 bits per heavy atom. The predicted octanol–water partition coefficient (Wildman–Crippen LogP) is 13.3. The Balaban J connectivity index is 1.66. The van der Waals surface area contributed by atoms with Crippen LogP contribution < -0.4 is 47.9 Å². The van der Waals surface area contributed by atoms with Crippen LogP contribution in [0.25, 0.3) is 0 Å². The number of esters is 1. The maximum Gasteiger partial charge on any atom is 0.412 e. The number of hydrogen-bond acceptors (Lipinski definition) is 12. The molecule has 0 aliphatic carbocycles. The van der Waals surface area contributed by atoms with Crippen LogP contribution in [0.15, 0.2) is 66.7 Å². The molecule has 5 rings (SSSR count). The number of carbonyl (C=O) groups excluding carboxylic acids is 2. The summed E-state index contributed by atoms with van der Waals surface area (Å²) in [6, 6.07) is 20.3. The average molecular weight is 956 g/mol. The zero-order valence-corrected chi connectivity index (χ0v) is 42.3. The van der Waals surface area contributed by atoms with Gasteiger partial charge < -0.3 is 52.7 Å². The number of hydrogen-bond donors (Lipinski definition) is 1. The molecule has 4 aromatic rings. The molecule has 378 valence electrons. The third-order valence-corrected chi connectivity index (χ3v) is 11.3. The van der Waals surface area contributed by atoms with Gasteiger partial charge in [0.25, 0.3) is 0 Å². The van der Waals surface area contributed by atoms with Gasteiger partial charge in [-0.1, -0.05) is 110 Å². The smallest absolute Gasteiger partial charge is 0.412 e. The SMILES string of the molecule is CCCCOc1cc(OCCCC)c2c(c1)O[C@H](c1cc(OCCCC)c(OCCCC)c(OCCCC)c1)[C@H](OC(=O)c1cc(OCCCC)c(OC(=O)NCC)c(OCc3ccccc3)c1)C2. The lowest BCUT2D eigenvalue weighted by atomic mass is 9.93. The van der Waals surface area contributed by atoms with Gasteiger partial charge in [-0.05, 0) is 75.3 Å². The highest BCUT2D eigenvalue weighted by atomic mass is 16.6. The van der Waals surface area contributed by atoms with E-state index in [1.54, 1.807) is 6.92 Å². The summed E-state index contributed by atoms with van der Waals surface area (Å²) >= 11 is 0. The molecule has 0 saturated heterocycles. The van der Waals surface area contributed by atoms with E-state index in [-0.39, 0.29) is 35.8 Å². The summed E-state index contributed by atoms with van der Waals surface area (Å²) < 4.78 is 64.2. The van der Waals surface area contributed by atoms with Gasteiger partial charge in [-0.2, -0.15) is 0 Å². The molecule has 13 nitrogen and oxygen atoms in total. The Morgan fingerprint density at radius 2 is 1.07 bits per heavy atom. The van der Waals surface area contributed by atoms with Crippen molar-refractivity contribution in [2.24, 2.45) is 0 Å². The van der Waals surface area contributed by atoms with Crippen LogP contribution in [0.3, 0.4) is 0 Å². The van der Waals surface area contributed by atoms with E-state index in [0.717, 1.165) is 88.2 Å². The van der Waals surface area contributed by atoms with E-state index in [9.17, 15) is 9.59 Å². The first-order valence-electron chi connectivity index (χ1n) is 25.6. The van der Waals surface area contributed by atoms with Gasteiger partial charge in [0.1, 0.15) is 30.0 Å². The van der Waals surface area contributed by atoms with Crippen molar-refractivity contribution in [2.75, 3.05) is 46.2 Å². The third kappa shape index (κ3) is 16.6. The minimum absolute atomic E-state index is 0.0515. The Bertz CT molecular complexity index is 2130. The monoisotopic (exact) mass is 956 g/mol. The molecule has 1 amide bonds. The highest BCUT2D eigenvalue weighted by Crippen LogP contribution is 2.48. The van der Waals surface area contributed by atoms with Crippen molar-refractivity contribution >= 4 is 12.1 Å². The van der Waals surface area contributed by atoms with Crippen LogP contribution in [0.5, 0.6) is 51.7 Å². The number of ether oxygens (including phenoxy) is 10. The van der Waals surface area contributed by atoms with Gasteiger partial charge in [-0.15, -0.1) is 0 Å². The first-order chi connectivity index (χ1) is 33.8. The Kier molecular flexibility index (Phi) is 23.3. The third-order valence-electron chi connectivity index (χ3n) is 11.3. The molecule has 2 atom stereocenters. The molecule has 0 saturated carbocycles. The maximum atomic E-state index is 14.9. The van der Waals surface area contributed by atoms with E-state index in [1.807, 2.05) is 61.5 Å². The summed E-state index contributed by atoms with van der Waals surface area (Å²) in [5, 5.41) is 2.68. The maximum absolute atomic E-state index is 14.9. The van der Waals surface area contributed by atoms with Crippen molar-refractivity contribution in [1.29, 1.82) is 0 Å². The van der Waals surface area contributed by atoms with E-state index < -0.39 is 24.3 Å². The lowest BCUT2D eigenvalue weighted by Crippen LogP contribution is -2.35. The molecule has 0 aromatic heterocycles. The predicted molar refractivity (Wildman–Crippen MR) is 268 cm³/mol. The van der Waals surface area contributed by atoms with E-state index in [0.29, 0.717) is 86.2 Å². The van der Waals surface area contributed by atoms with Gasteiger partial charge in [0.15, 0.2) is 29.1 Å². The van der Waals surface area contributed by atoms with Gasteiger partial charge in [-0.25, -0.2) is 9.59 Å². The van der Waals surface area contributed by atoms with Crippen LogP contribution in [-0.2, 0) is 17.8 Å². The van der Waals surface area contributed by atoms with Gasteiger partial charge in [-0.3, -0.25) is 0 Å². The summed E-state index contributed by atoms with van der Waals surface area (Å²) in [6.07, 6.45) is 8.46. The van der Waals surface area contributed by atoms with Gasteiger partial charge >= 0.3 is 12.1 Å². The number of amides is 1. The summed E-state index contributed by atoms with van der Waals surface area (Å²) in [5.74, 6) is 3.07. The largest absolute Gasteiger partial charge is 0.493 e. The molecule has 0 radical (unpaired) electrons. The topological polar surface area (TPSA) is 138 Å². The number of rotatable bonds is 32. The lowest BCUT2D eigenvalue weighted by molar-refractivity contribution is -0.0191. The van der Waals surface area contributed by atoms with Crippen LogP contribution in [-0.4, -0.2) is 64.4 Å². The fourth-order valence-electron chi connectivity index (χ4n) is 7.32. The zero-order valence-electron chi connectivity index (χ0n) is 42.3. The molecule has 1 aliphatic heterocycles. The first kappa shape index (κ1) is 54.0. The van der Waals surface area contributed by atoms with Gasteiger partial charge in [0, 0.05) is 36.2 Å². The molecule has 1 heterocycles. The van der Waals surface area contributed by atoms with Crippen LogP contribution in [0.4, 0.5) is 4.79 Å². The summed E-state index contributed by atoms with van der Waals surface area (Å²) in [7, 11) is 0. The molecule has 4 aromatic carbocycles. The molecule has 0 spiro atoms. The van der Waals surface area contributed by atoms with Crippen molar-refractivity contribution in [1.82, 2.24) is 5.32 Å². The summed E-state index contributed by atoms with van der Waals surface area (Å²) in [5.41, 5.74) is 2.43. The number of fused-ring (bicyclic) bond motifs is 1. The molecule has 1 aliphatic rings. The second-order valence-electron chi connectivity index (χ2n) is 17.1. The number of unbranched alkanes of at least 4 members (excludes halogenated alkanes) is 6. The molecular weight excluding hydrogens is 879 g/mol. The minimum atomic E-state index is -0.895. The van der Waals surface area contributed by atoms with Crippen LogP contribution in [0, 0.1) is 0 Å². The van der Waals surface area contributed by atoms with Crippen LogP contribution in [0.1, 0.15) is 159 Å².